The van der Waals surface area contributed by atoms with Crippen LogP contribution < -0.4 is 33.2 Å². The third-order valence-electron chi connectivity index (χ3n) is 5.96. The summed E-state index contributed by atoms with van der Waals surface area (Å²) in [7, 11) is 0. The number of nitrogens with one attached hydrogen (secondary N) is 3. The summed E-state index contributed by atoms with van der Waals surface area (Å²) in [6.07, 6.45) is -1.20. The number of rotatable bonds is 12. The van der Waals surface area contributed by atoms with Crippen molar-refractivity contribution in [3.8, 4) is 0 Å². The Balaban J connectivity index is 0.000000318. The molecule has 0 aliphatic carbocycles. The first kappa shape index (κ1) is 36.4. The van der Waals surface area contributed by atoms with Crippen molar-refractivity contribution in [3.63, 3.8) is 0 Å². The molecule has 4 amide bonds. The van der Waals surface area contributed by atoms with Crippen molar-refractivity contribution in [1.82, 2.24) is 16.0 Å². The van der Waals surface area contributed by atoms with Crippen LogP contribution in [0, 0.1) is 5.92 Å². The number of carbonyl (C=O) groups is 3. The van der Waals surface area contributed by atoms with E-state index in [1.807, 2.05) is 11.8 Å². The zero-order valence-electron chi connectivity index (χ0n) is 23.7. The average molecular weight is 609 g/mol. The standard InChI is InChI=1S/C12H25NO3.C9H10F3N3O.C5H8N2OS/c1-4-5-6-12(14)13-8-10-16-15-9-7-11(2)3;10-9(11,12)8(14,15)6-3-1-5(2-4-6)7(13)16;8-5-6-3-1-9-2-4(3)7-5/h11H,4-10H2,1-3H3,(H,13,14);1-4H,14-15H2,(H2,13,16);3-4H,1-2H2,(H2,6,7,8)/t;;3-,4?/m..1/s1. The lowest BCUT2D eigenvalue weighted by Crippen LogP contribution is -2.57. The van der Waals surface area contributed by atoms with Crippen LogP contribution in [-0.2, 0) is 20.2 Å². The fourth-order valence-electron chi connectivity index (χ4n) is 3.35. The van der Waals surface area contributed by atoms with E-state index in [0.29, 0.717) is 44.2 Å². The minimum absolute atomic E-state index is 0.00491. The number of thioether (sulfide) groups is 1. The maximum atomic E-state index is 12.4. The fraction of sp³-hybridized carbons (Fsp3) is 0.654. The number of carbonyl (C=O) groups excluding carboxylic acids is 3. The van der Waals surface area contributed by atoms with Gasteiger partial charge in [-0.25, -0.2) is 14.6 Å². The number of urea groups is 1. The van der Waals surface area contributed by atoms with Gasteiger partial charge < -0.3 is 33.2 Å². The Morgan fingerprint density at radius 1 is 1.07 bits per heavy atom. The van der Waals surface area contributed by atoms with E-state index in [1.165, 1.54) is 0 Å². The lowest BCUT2D eigenvalue weighted by atomic mass is 9.99. The molecule has 1 aromatic carbocycles. The third-order valence-corrected chi connectivity index (χ3v) is 7.15. The van der Waals surface area contributed by atoms with Crippen LogP contribution in [-0.4, -0.2) is 67.4 Å². The molecule has 11 nitrogen and oxygen atoms in total. The Labute approximate surface area is 243 Å². The molecule has 0 bridgehead atoms. The van der Waals surface area contributed by atoms with Crippen molar-refractivity contribution in [2.24, 2.45) is 23.1 Å². The SMILES string of the molecule is CCCCC(=O)NCCOOCCC(C)C.NC(=O)c1ccc(C(N)(N)C(F)(F)F)cc1.O=C1NC2CSC[C@H]2N1. The van der Waals surface area contributed by atoms with Gasteiger partial charge in [0.25, 0.3) is 0 Å². The number of nitrogens with two attached hydrogens (primary N) is 3. The number of hydrogen-bond donors (Lipinski definition) is 6. The van der Waals surface area contributed by atoms with Crippen LogP contribution >= 0.6 is 11.8 Å². The Hall–Kier alpha value is -2.59. The molecule has 2 fully saturated rings. The molecule has 9 N–H and O–H groups in total. The van der Waals surface area contributed by atoms with E-state index in [1.54, 1.807) is 0 Å². The topological polar surface area (TPSA) is 184 Å². The lowest BCUT2D eigenvalue weighted by molar-refractivity contribution is -0.294. The molecule has 0 aromatic heterocycles. The zero-order chi connectivity index (χ0) is 31.1. The quantitative estimate of drug-likeness (QED) is 0.0687. The Morgan fingerprint density at radius 2 is 1.63 bits per heavy atom. The molecular formula is C26H43F3N6O5S. The van der Waals surface area contributed by atoms with E-state index >= 15 is 0 Å². The van der Waals surface area contributed by atoms with Crippen LogP contribution in [0.5, 0.6) is 0 Å². The molecule has 41 heavy (non-hydrogen) atoms. The third kappa shape index (κ3) is 13.7. The molecular weight excluding hydrogens is 565 g/mol. The molecule has 2 atom stereocenters. The normalized spacial score (nSPS) is 17.8. The molecule has 3 rings (SSSR count). The smallest absolute Gasteiger partial charge is 0.366 e. The summed E-state index contributed by atoms with van der Waals surface area (Å²) in [4.78, 5) is 42.4. The molecule has 0 radical (unpaired) electrons. The summed E-state index contributed by atoms with van der Waals surface area (Å²) in [5.74, 6) is 2.12. The number of hydrogen-bond acceptors (Lipinski definition) is 8. The number of alkyl halides is 3. The highest BCUT2D eigenvalue weighted by atomic mass is 32.2. The van der Waals surface area contributed by atoms with Gasteiger partial charge in [0.2, 0.25) is 11.8 Å². The summed E-state index contributed by atoms with van der Waals surface area (Å²) in [5, 5.41) is 8.46. The van der Waals surface area contributed by atoms with Crippen LogP contribution in [0.15, 0.2) is 24.3 Å². The van der Waals surface area contributed by atoms with Crippen molar-refractivity contribution in [2.45, 2.75) is 70.4 Å². The number of unbranched alkanes of at least 4 members (excludes halogenated alkanes) is 1. The van der Waals surface area contributed by atoms with Crippen molar-refractivity contribution in [3.05, 3.63) is 35.4 Å². The van der Waals surface area contributed by atoms with Crippen LogP contribution in [0.3, 0.4) is 0 Å². The molecule has 234 valence electrons. The Kier molecular flexibility index (Phi) is 16.0. The maximum absolute atomic E-state index is 12.4. The summed E-state index contributed by atoms with van der Waals surface area (Å²) in [6.45, 7) is 7.88. The summed E-state index contributed by atoms with van der Waals surface area (Å²) >= 11 is 1.89. The van der Waals surface area contributed by atoms with E-state index in [9.17, 15) is 27.6 Å². The molecule has 1 aromatic rings. The van der Waals surface area contributed by atoms with Crippen molar-refractivity contribution < 1.29 is 37.3 Å². The predicted octanol–water partition coefficient (Wildman–Crippen LogP) is 2.49. The number of fused-ring (bicyclic) bond motifs is 1. The Bertz CT molecular complexity index is 937. The fourth-order valence-corrected chi connectivity index (χ4v) is 4.63. The van der Waals surface area contributed by atoms with Crippen LogP contribution in [0.25, 0.3) is 0 Å². The number of halogens is 3. The molecule has 15 heteroatoms. The first-order chi connectivity index (χ1) is 19.2. The van der Waals surface area contributed by atoms with E-state index in [2.05, 4.69) is 36.7 Å². The first-order valence-electron chi connectivity index (χ1n) is 13.4. The molecule has 2 heterocycles. The summed E-state index contributed by atoms with van der Waals surface area (Å²) < 4.78 is 37.3. The first-order valence-corrected chi connectivity index (χ1v) is 14.5. The predicted molar refractivity (Wildman–Crippen MR) is 152 cm³/mol. The van der Waals surface area contributed by atoms with Gasteiger partial charge in [-0.1, -0.05) is 39.3 Å². The van der Waals surface area contributed by atoms with Crippen molar-refractivity contribution >= 4 is 29.6 Å². The van der Waals surface area contributed by atoms with Gasteiger partial charge in [0, 0.05) is 30.0 Å². The van der Waals surface area contributed by atoms with Crippen LogP contribution in [0.2, 0.25) is 0 Å². The van der Waals surface area contributed by atoms with Crippen molar-refractivity contribution in [1.29, 1.82) is 0 Å². The van der Waals surface area contributed by atoms with Gasteiger partial charge in [-0.15, -0.1) is 0 Å². The number of benzene rings is 1. The van der Waals surface area contributed by atoms with Crippen molar-refractivity contribution in [2.75, 3.05) is 31.3 Å². The molecule has 0 saturated carbocycles. The molecule has 2 saturated heterocycles. The second-order valence-corrected chi connectivity index (χ2v) is 11.0. The largest absolute Gasteiger partial charge is 0.423 e. The van der Waals surface area contributed by atoms with Gasteiger partial charge in [0.1, 0.15) is 0 Å². The maximum Gasteiger partial charge on any atom is 0.423 e. The van der Waals surface area contributed by atoms with Gasteiger partial charge >= 0.3 is 12.2 Å². The minimum Gasteiger partial charge on any atom is -0.366 e. The van der Waals surface area contributed by atoms with Gasteiger partial charge in [-0.05, 0) is 36.5 Å². The highest BCUT2D eigenvalue weighted by Crippen LogP contribution is 2.32. The Morgan fingerprint density at radius 3 is 2.12 bits per heavy atom. The summed E-state index contributed by atoms with van der Waals surface area (Å²) in [5.41, 5.74) is 11.7. The van der Waals surface area contributed by atoms with E-state index < -0.39 is 17.7 Å². The minimum atomic E-state index is -4.78. The molecule has 0 spiro atoms. The molecule has 1 unspecified atom stereocenters. The van der Waals surface area contributed by atoms with E-state index in [0.717, 1.165) is 55.0 Å². The molecule has 2 aliphatic heterocycles. The van der Waals surface area contributed by atoms with Gasteiger partial charge in [0.15, 0.2) is 5.66 Å². The number of primary amides is 1. The average Bonchev–Trinajstić information content (AvgIpc) is 3.47. The van der Waals surface area contributed by atoms with Crippen LogP contribution in [0.1, 0.15) is 62.4 Å². The molecule has 2 aliphatic rings. The lowest BCUT2D eigenvalue weighted by Gasteiger charge is -2.27. The highest BCUT2D eigenvalue weighted by Gasteiger charge is 2.50. The second-order valence-electron chi connectivity index (χ2n) is 9.96. The number of amides is 4. The monoisotopic (exact) mass is 608 g/mol. The van der Waals surface area contributed by atoms with Crippen LogP contribution in [0.4, 0.5) is 18.0 Å². The highest BCUT2D eigenvalue weighted by molar-refractivity contribution is 7.99. The van der Waals surface area contributed by atoms with Gasteiger partial charge in [-0.2, -0.15) is 24.9 Å². The summed E-state index contributed by atoms with van der Waals surface area (Å²) in [6, 6.07) is 5.13. The van der Waals surface area contributed by atoms with E-state index in [-0.39, 0.29) is 23.1 Å². The van der Waals surface area contributed by atoms with E-state index in [4.69, 9.17) is 27.0 Å². The van der Waals surface area contributed by atoms with Gasteiger partial charge in [0.05, 0.1) is 25.3 Å². The zero-order valence-corrected chi connectivity index (χ0v) is 24.5. The van der Waals surface area contributed by atoms with Gasteiger partial charge in [-0.3, -0.25) is 9.59 Å². The second kappa shape index (κ2) is 18.1.